The van der Waals surface area contributed by atoms with E-state index >= 15 is 0 Å². The van der Waals surface area contributed by atoms with E-state index in [2.05, 4.69) is 0 Å². The summed E-state index contributed by atoms with van der Waals surface area (Å²) in [5, 5.41) is 9.27. The van der Waals surface area contributed by atoms with Crippen molar-refractivity contribution >= 4 is 5.69 Å². The number of hydrogen-bond acceptors (Lipinski definition) is 3. The molecule has 0 atom stereocenters. The van der Waals surface area contributed by atoms with Crippen molar-refractivity contribution in [2.45, 2.75) is 12.8 Å². The van der Waals surface area contributed by atoms with Crippen molar-refractivity contribution in [2.75, 3.05) is 32.2 Å². The molecule has 0 radical (unpaired) electrons. The Balaban J connectivity index is 2.09. The maximum atomic E-state index is 13.5. The van der Waals surface area contributed by atoms with Crippen molar-refractivity contribution in [2.24, 2.45) is 5.41 Å². The summed E-state index contributed by atoms with van der Waals surface area (Å²) in [5.41, 5.74) is 0.841. The summed E-state index contributed by atoms with van der Waals surface area (Å²) in [6.45, 7) is 0.964. The number of halogens is 1. The fraction of sp³-hybridized carbons (Fsp3) is 0.538. The van der Waals surface area contributed by atoms with Crippen LogP contribution >= 0.6 is 0 Å². The summed E-state index contributed by atoms with van der Waals surface area (Å²) >= 11 is 0. The lowest BCUT2D eigenvalue weighted by atomic mass is 10.1. The monoisotopic (exact) mass is 239 g/mol. The predicted octanol–water partition coefficient (Wildman–Crippen LogP) is 2.04. The number of aliphatic hydroxyl groups excluding tert-OH is 1. The molecule has 0 unspecified atom stereocenters. The lowest BCUT2D eigenvalue weighted by Crippen LogP contribution is -2.28. The van der Waals surface area contributed by atoms with Gasteiger partial charge in [-0.25, -0.2) is 4.39 Å². The molecule has 1 fully saturated rings. The van der Waals surface area contributed by atoms with Crippen molar-refractivity contribution in [1.29, 1.82) is 0 Å². The summed E-state index contributed by atoms with van der Waals surface area (Å²) < 4.78 is 18.4. The Labute approximate surface area is 101 Å². The van der Waals surface area contributed by atoms with Gasteiger partial charge in [-0.2, -0.15) is 0 Å². The minimum atomic E-state index is -0.356. The molecule has 0 aliphatic heterocycles. The lowest BCUT2D eigenvalue weighted by Gasteiger charge is -2.24. The molecule has 4 heteroatoms. The highest BCUT2D eigenvalue weighted by Gasteiger charge is 2.42. The molecule has 0 saturated heterocycles. The van der Waals surface area contributed by atoms with Crippen LogP contribution in [0.15, 0.2) is 18.2 Å². The first-order valence-corrected chi connectivity index (χ1v) is 5.76. The van der Waals surface area contributed by atoms with Crippen molar-refractivity contribution in [3.8, 4) is 5.75 Å². The minimum absolute atomic E-state index is 0.0329. The van der Waals surface area contributed by atoms with Gasteiger partial charge in [-0.3, -0.25) is 0 Å². The van der Waals surface area contributed by atoms with Gasteiger partial charge in [0.15, 0.2) is 11.6 Å². The number of nitrogens with zero attached hydrogens (tertiary/aromatic N) is 1. The zero-order valence-corrected chi connectivity index (χ0v) is 10.2. The Morgan fingerprint density at radius 1 is 1.47 bits per heavy atom. The molecule has 0 amide bonds. The van der Waals surface area contributed by atoms with Gasteiger partial charge in [0.1, 0.15) is 0 Å². The normalized spacial score (nSPS) is 16.7. The summed E-state index contributed by atoms with van der Waals surface area (Å²) in [5.74, 6) is -0.101. The highest BCUT2D eigenvalue weighted by Crippen LogP contribution is 2.46. The van der Waals surface area contributed by atoms with Gasteiger partial charge in [0.05, 0.1) is 13.7 Å². The van der Waals surface area contributed by atoms with Crippen LogP contribution in [0.2, 0.25) is 0 Å². The third-order valence-electron chi connectivity index (χ3n) is 3.44. The number of methoxy groups -OCH3 is 1. The fourth-order valence-corrected chi connectivity index (χ4v) is 2.03. The third kappa shape index (κ3) is 2.52. The van der Waals surface area contributed by atoms with Gasteiger partial charge in [0.25, 0.3) is 0 Å². The maximum absolute atomic E-state index is 13.5. The zero-order chi connectivity index (χ0) is 12.5. The number of anilines is 1. The summed E-state index contributed by atoms with van der Waals surface area (Å²) in [4.78, 5) is 1.98. The third-order valence-corrected chi connectivity index (χ3v) is 3.44. The van der Waals surface area contributed by atoms with Gasteiger partial charge in [0.2, 0.25) is 0 Å². The van der Waals surface area contributed by atoms with Crippen LogP contribution < -0.4 is 9.64 Å². The van der Waals surface area contributed by atoms with Crippen LogP contribution in [-0.2, 0) is 0 Å². The Morgan fingerprint density at radius 2 is 2.18 bits per heavy atom. The molecule has 17 heavy (non-hydrogen) atoms. The molecule has 0 spiro atoms. The van der Waals surface area contributed by atoms with E-state index in [0.29, 0.717) is 0 Å². The molecule has 0 bridgehead atoms. The van der Waals surface area contributed by atoms with Crippen LogP contribution in [-0.4, -0.2) is 32.4 Å². The fourth-order valence-electron chi connectivity index (χ4n) is 2.03. The van der Waals surface area contributed by atoms with E-state index in [1.807, 2.05) is 18.0 Å². The van der Waals surface area contributed by atoms with Gasteiger partial charge in [-0.1, -0.05) is 0 Å². The minimum Gasteiger partial charge on any atom is -0.494 e. The van der Waals surface area contributed by atoms with Crippen LogP contribution in [0.4, 0.5) is 10.1 Å². The van der Waals surface area contributed by atoms with Gasteiger partial charge in [0, 0.05) is 30.8 Å². The molecule has 0 aromatic heterocycles. The van der Waals surface area contributed by atoms with Crippen molar-refractivity contribution in [1.82, 2.24) is 0 Å². The van der Waals surface area contributed by atoms with Crippen LogP contribution in [0.5, 0.6) is 5.75 Å². The Kier molecular flexibility index (Phi) is 3.24. The summed E-state index contributed by atoms with van der Waals surface area (Å²) in [6.07, 6.45) is 2.10. The Bertz CT molecular complexity index is 404. The van der Waals surface area contributed by atoms with Crippen LogP contribution in [0.25, 0.3) is 0 Å². The molecule has 1 aromatic carbocycles. The van der Waals surface area contributed by atoms with E-state index in [0.717, 1.165) is 25.1 Å². The number of ether oxygens (including phenoxy) is 1. The van der Waals surface area contributed by atoms with E-state index in [1.165, 1.54) is 13.2 Å². The van der Waals surface area contributed by atoms with Crippen LogP contribution in [0.3, 0.4) is 0 Å². The number of rotatable bonds is 5. The summed E-state index contributed by atoms with van der Waals surface area (Å²) in [6, 6.07) is 4.92. The van der Waals surface area contributed by atoms with E-state index in [1.54, 1.807) is 6.07 Å². The molecular weight excluding hydrogens is 221 g/mol. The van der Waals surface area contributed by atoms with Crippen molar-refractivity contribution < 1.29 is 14.2 Å². The highest BCUT2D eigenvalue weighted by molar-refractivity contribution is 5.49. The first kappa shape index (κ1) is 12.2. The second-order valence-electron chi connectivity index (χ2n) is 4.83. The van der Waals surface area contributed by atoms with Crippen LogP contribution in [0, 0.1) is 11.2 Å². The van der Waals surface area contributed by atoms with Crippen molar-refractivity contribution in [3.63, 3.8) is 0 Å². The van der Waals surface area contributed by atoms with Gasteiger partial charge >= 0.3 is 0 Å². The first-order chi connectivity index (χ1) is 8.10. The second-order valence-corrected chi connectivity index (χ2v) is 4.83. The van der Waals surface area contributed by atoms with Gasteiger partial charge < -0.3 is 14.7 Å². The molecule has 1 aliphatic rings. The summed E-state index contributed by atoms with van der Waals surface area (Å²) in [7, 11) is 3.36. The quantitative estimate of drug-likeness (QED) is 0.853. The molecule has 3 nitrogen and oxygen atoms in total. The van der Waals surface area contributed by atoms with E-state index in [-0.39, 0.29) is 23.6 Å². The molecule has 94 valence electrons. The van der Waals surface area contributed by atoms with Gasteiger partial charge in [-0.15, -0.1) is 0 Å². The van der Waals surface area contributed by atoms with Crippen molar-refractivity contribution in [3.05, 3.63) is 24.0 Å². The molecule has 1 N–H and O–H groups in total. The van der Waals surface area contributed by atoms with Gasteiger partial charge in [-0.05, 0) is 25.0 Å². The molecular formula is C13H18FNO2. The number of aliphatic hydroxyl groups is 1. The highest BCUT2D eigenvalue weighted by atomic mass is 19.1. The lowest BCUT2D eigenvalue weighted by molar-refractivity contribution is 0.215. The molecule has 2 rings (SSSR count). The SMILES string of the molecule is COc1ccc(N(C)CC2(CO)CC2)cc1F. The molecule has 1 aromatic rings. The van der Waals surface area contributed by atoms with E-state index < -0.39 is 0 Å². The first-order valence-electron chi connectivity index (χ1n) is 5.76. The number of hydrogen-bond donors (Lipinski definition) is 1. The smallest absolute Gasteiger partial charge is 0.167 e. The average Bonchev–Trinajstić information content (AvgIpc) is 3.09. The molecule has 1 aliphatic carbocycles. The standard InChI is InChI=1S/C13H18FNO2/c1-15(8-13(9-16)5-6-13)10-3-4-12(17-2)11(14)7-10/h3-4,7,16H,5-6,8-9H2,1-2H3. The second kappa shape index (κ2) is 4.53. The average molecular weight is 239 g/mol. The Hall–Kier alpha value is -1.29. The van der Waals surface area contributed by atoms with E-state index in [4.69, 9.17) is 4.74 Å². The van der Waals surface area contributed by atoms with E-state index in [9.17, 15) is 9.50 Å². The number of benzene rings is 1. The van der Waals surface area contributed by atoms with Crippen LogP contribution in [0.1, 0.15) is 12.8 Å². The largest absolute Gasteiger partial charge is 0.494 e. The maximum Gasteiger partial charge on any atom is 0.167 e. The Morgan fingerprint density at radius 3 is 2.65 bits per heavy atom. The molecule has 1 saturated carbocycles. The zero-order valence-electron chi connectivity index (χ0n) is 10.2. The topological polar surface area (TPSA) is 32.7 Å². The predicted molar refractivity (Wildman–Crippen MR) is 65.0 cm³/mol. The molecule has 0 heterocycles.